The highest BCUT2D eigenvalue weighted by Crippen LogP contribution is 2.15. The standard InChI is InChI=1S/C9H13NO2S/c1-2-12-7-13(11)9-6-4-3-5-8(9)10/h3-6H,2,7,10H2,1H3. The Kier molecular flexibility index (Phi) is 3.92. The maximum atomic E-state index is 11.5. The molecule has 1 aromatic rings. The van der Waals surface area contributed by atoms with Gasteiger partial charge in [0.25, 0.3) is 0 Å². The second-order valence-corrected chi connectivity index (χ2v) is 3.86. The number of anilines is 1. The number of hydrogen-bond acceptors (Lipinski definition) is 3. The summed E-state index contributed by atoms with van der Waals surface area (Å²) < 4.78 is 16.6. The largest absolute Gasteiger partial charge is 0.398 e. The zero-order valence-corrected chi connectivity index (χ0v) is 8.34. The van der Waals surface area contributed by atoms with E-state index in [1.165, 1.54) is 0 Å². The van der Waals surface area contributed by atoms with Crippen molar-refractivity contribution in [2.45, 2.75) is 11.8 Å². The minimum absolute atomic E-state index is 0.213. The van der Waals surface area contributed by atoms with Gasteiger partial charge in [-0.15, -0.1) is 0 Å². The number of ether oxygens (including phenoxy) is 1. The van der Waals surface area contributed by atoms with Gasteiger partial charge in [-0.1, -0.05) is 12.1 Å². The maximum absolute atomic E-state index is 11.5. The van der Waals surface area contributed by atoms with Crippen molar-refractivity contribution in [3.8, 4) is 0 Å². The van der Waals surface area contributed by atoms with Gasteiger partial charge >= 0.3 is 0 Å². The van der Waals surface area contributed by atoms with Crippen molar-refractivity contribution in [2.75, 3.05) is 18.3 Å². The first-order valence-electron chi connectivity index (χ1n) is 4.06. The fourth-order valence-electron chi connectivity index (χ4n) is 0.910. The highest BCUT2D eigenvalue weighted by molar-refractivity contribution is 7.85. The van der Waals surface area contributed by atoms with Crippen LogP contribution in [0.1, 0.15) is 6.92 Å². The minimum Gasteiger partial charge on any atom is -0.398 e. The van der Waals surface area contributed by atoms with Crippen molar-refractivity contribution in [1.29, 1.82) is 0 Å². The third-order valence-electron chi connectivity index (χ3n) is 1.56. The number of benzene rings is 1. The lowest BCUT2D eigenvalue weighted by Crippen LogP contribution is -2.04. The Morgan fingerprint density at radius 2 is 2.15 bits per heavy atom. The van der Waals surface area contributed by atoms with E-state index in [2.05, 4.69) is 0 Å². The topological polar surface area (TPSA) is 52.3 Å². The molecule has 0 aliphatic rings. The summed E-state index contributed by atoms with van der Waals surface area (Å²) in [7, 11) is -1.14. The molecule has 0 radical (unpaired) electrons. The van der Waals surface area contributed by atoms with Crippen LogP contribution in [-0.4, -0.2) is 16.8 Å². The number of para-hydroxylation sites is 1. The second-order valence-electron chi connectivity index (χ2n) is 2.49. The molecule has 0 aromatic heterocycles. The van der Waals surface area contributed by atoms with E-state index in [9.17, 15) is 4.21 Å². The first kappa shape index (κ1) is 10.2. The highest BCUT2D eigenvalue weighted by atomic mass is 32.2. The van der Waals surface area contributed by atoms with E-state index in [4.69, 9.17) is 10.5 Å². The molecule has 1 atom stereocenters. The maximum Gasteiger partial charge on any atom is 0.126 e. The molecule has 1 rings (SSSR count). The van der Waals surface area contributed by atoms with Crippen LogP contribution < -0.4 is 5.73 Å². The molecular weight excluding hydrogens is 186 g/mol. The van der Waals surface area contributed by atoms with Crippen LogP contribution >= 0.6 is 0 Å². The number of nitrogens with two attached hydrogens (primary N) is 1. The molecule has 0 aliphatic heterocycles. The summed E-state index contributed by atoms with van der Waals surface area (Å²) in [5.74, 6) is 0.213. The van der Waals surface area contributed by atoms with Crippen LogP contribution in [0.3, 0.4) is 0 Å². The molecule has 13 heavy (non-hydrogen) atoms. The molecule has 1 aromatic carbocycles. The number of rotatable bonds is 4. The van der Waals surface area contributed by atoms with Crippen LogP contribution in [0.2, 0.25) is 0 Å². The lowest BCUT2D eigenvalue weighted by atomic mass is 10.3. The van der Waals surface area contributed by atoms with Gasteiger partial charge < -0.3 is 10.5 Å². The van der Waals surface area contributed by atoms with Crippen molar-refractivity contribution in [2.24, 2.45) is 0 Å². The number of nitrogen functional groups attached to an aromatic ring is 1. The van der Waals surface area contributed by atoms with Gasteiger partial charge in [0.2, 0.25) is 0 Å². The highest BCUT2D eigenvalue weighted by Gasteiger charge is 2.05. The van der Waals surface area contributed by atoms with Crippen LogP contribution in [0.25, 0.3) is 0 Å². The summed E-state index contributed by atoms with van der Waals surface area (Å²) in [4.78, 5) is 0.649. The SMILES string of the molecule is CCOCS(=O)c1ccccc1N. The van der Waals surface area contributed by atoms with E-state index in [1.807, 2.05) is 19.1 Å². The number of hydrogen-bond donors (Lipinski definition) is 1. The summed E-state index contributed by atoms with van der Waals surface area (Å²) in [6.07, 6.45) is 0. The van der Waals surface area contributed by atoms with E-state index >= 15 is 0 Å². The van der Waals surface area contributed by atoms with Gasteiger partial charge in [0.15, 0.2) is 0 Å². The average molecular weight is 199 g/mol. The van der Waals surface area contributed by atoms with Crippen LogP contribution in [-0.2, 0) is 15.5 Å². The van der Waals surface area contributed by atoms with Gasteiger partial charge in [-0.25, -0.2) is 0 Å². The summed E-state index contributed by atoms with van der Waals surface area (Å²) in [5, 5.41) is 0. The lowest BCUT2D eigenvalue weighted by molar-refractivity contribution is 0.196. The van der Waals surface area contributed by atoms with E-state index in [0.29, 0.717) is 17.2 Å². The van der Waals surface area contributed by atoms with Gasteiger partial charge in [0.05, 0.1) is 15.7 Å². The molecule has 0 saturated carbocycles. The normalized spacial score (nSPS) is 12.7. The second kappa shape index (κ2) is 4.99. The Hall–Kier alpha value is -0.870. The summed E-state index contributed by atoms with van der Waals surface area (Å²) in [6, 6.07) is 7.12. The van der Waals surface area contributed by atoms with Crippen molar-refractivity contribution in [1.82, 2.24) is 0 Å². The zero-order valence-electron chi connectivity index (χ0n) is 7.53. The molecule has 72 valence electrons. The molecule has 0 heterocycles. The third-order valence-corrected chi connectivity index (χ3v) is 2.80. The lowest BCUT2D eigenvalue weighted by Gasteiger charge is -2.04. The molecule has 3 nitrogen and oxygen atoms in total. The summed E-state index contributed by atoms with van der Waals surface area (Å²) in [6.45, 7) is 2.43. The molecule has 0 bridgehead atoms. The van der Waals surface area contributed by atoms with Gasteiger partial charge in [-0.2, -0.15) is 0 Å². The summed E-state index contributed by atoms with van der Waals surface area (Å²) in [5.41, 5.74) is 6.20. The Bertz CT molecular complexity index is 301. The predicted octanol–water partition coefficient (Wildman–Crippen LogP) is 1.37. The fraction of sp³-hybridized carbons (Fsp3) is 0.333. The molecule has 2 N–H and O–H groups in total. The molecule has 1 unspecified atom stereocenters. The van der Waals surface area contributed by atoms with Crippen LogP contribution in [0.15, 0.2) is 29.2 Å². The van der Waals surface area contributed by atoms with Crippen LogP contribution in [0, 0.1) is 0 Å². The minimum atomic E-state index is -1.14. The van der Waals surface area contributed by atoms with E-state index < -0.39 is 10.8 Å². The third kappa shape index (κ3) is 2.82. The Labute approximate surface area is 80.4 Å². The smallest absolute Gasteiger partial charge is 0.126 e. The van der Waals surface area contributed by atoms with Crippen LogP contribution in [0.5, 0.6) is 0 Å². The molecule has 0 aliphatic carbocycles. The van der Waals surface area contributed by atoms with Gasteiger partial charge in [0.1, 0.15) is 5.94 Å². The molecule has 0 saturated heterocycles. The molecular formula is C9H13NO2S. The average Bonchev–Trinajstić information content (AvgIpc) is 2.15. The Morgan fingerprint density at radius 1 is 1.46 bits per heavy atom. The van der Waals surface area contributed by atoms with E-state index in [0.717, 1.165) is 0 Å². The Balaban J connectivity index is 2.71. The first-order valence-corrected chi connectivity index (χ1v) is 5.38. The van der Waals surface area contributed by atoms with Crippen LogP contribution in [0.4, 0.5) is 5.69 Å². The molecule has 4 heteroatoms. The van der Waals surface area contributed by atoms with Gasteiger partial charge in [-0.3, -0.25) is 4.21 Å². The first-order chi connectivity index (χ1) is 6.25. The van der Waals surface area contributed by atoms with E-state index in [1.54, 1.807) is 12.1 Å². The van der Waals surface area contributed by atoms with Crippen molar-refractivity contribution in [3.05, 3.63) is 24.3 Å². The van der Waals surface area contributed by atoms with Crippen molar-refractivity contribution in [3.63, 3.8) is 0 Å². The zero-order chi connectivity index (χ0) is 9.68. The fourth-order valence-corrected chi connectivity index (χ4v) is 1.92. The Morgan fingerprint density at radius 3 is 2.77 bits per heavy atom. The van der Waals surface area contributed by atoms with Crippen molar-refractivity contribution < 1.29 is 8.95 Å². The summed E-state index contributed by atoms with van der Waals surface area (Å²) >= 11 is 0. The van der Waals surface area contributed by atoms with Gasteiger partial charge in [-0.05, 0) is 19.1 Å². The van der Waals surface area contributed by atoms with Gasteiger partial charge in [0, 0.05) is 12.3 Å². The monoisotopic (exact) mass is 199 g/mol. The predicted molar refractivity (Wildman–Crippen MR) is 53.8 cm³/mol. The quantitative estimate of drug-likeness (QED) is 0.745. The van der Waals surface area contributed by atoms with Crippen molar-refractivity contribution >= 4 is 16.5 Å². The van der Waals surface area contributed by atoms with E-state index in [-0.39, 0.29) is 5.94 Å². The molecule has 0 spiro atoms. The molecule has 0 fully saturated rings. The molecule has 0 amide bonds.